The molecular formula is C15H24O3S. The number of aliphatic carboxylic acids is 1. The number of fused-ring (bicyclic) bond motifs is 2. The number of allylic oxidation sites excluding steroid dienone is 2. The molecule has 1 N–H and O–H groups in total. The van der Waals surface area contributed by atoms with Crippen LogP contribution in [0, 0.1) is 11.8 Å². The average Bonchev–Trinajstić information content (AvgIpc) is 2.95. The Kier molecular flexibility index (Phi) is 5.76. The van der Waals surface area contributed by atoms with Crippen LogP contribution in [0.4, 0.5) is 0 Å². The van der Waals surface area contributed by atoms with Gasteiger partial charge in [0.05, 0.1) is 12.2 Å². The van der Waals surface area contributed by atoms with E-state index in [-0.39, 0.29) is 6.42 Å². The zero-order chi connectivity index (χ0) is 13.7. The first-order chi connectivity index (χ1) is 9.22. The minimum Gasteiger partial charge on any atom is -0.481 e. The van der Waals surface area contributed by atoms with Gasteiger partial charge in [0.1, 0.15) is 0 Å². The molecular weight excluding hydrogens is 260 g/mol. The zero-order valence-corrected chi connectivity index (χ0v) is 12.4. The first-order valence-electron chi connectivity index (χ1n) is 7.23. The predicted molar refractivity (Wildman–Crippen MR) is 78.5 cm³/mol. The topological polar surface area (TPSA) is 46.5 Å². The number of hydrogen-bond donors (Lipinski definition) is 1. The van der Waals surface area contributed by atoms with Crippen LogP contribution in [0.15, 0.2) is 12.2 Å². The number of carboxylic acid groups (broad SMARTS) is 1. The second kappa shape index (κ2) is 7.34. The summed E-state index contributed by atoms with van der Waals surface area (Å²) in [5, 5.41) is 8.56. The molecule has 2 bridgehead atoms. The zero-order valence-electron chi connectivity index (χ0n) is 11.6. The van der Waals surface area contributed by atoms with E-state index in [9.17, 15) is 4.79 Å². The molecule has 3 nitrogen and oxygen atoms in total. The van der Waals surface area contributed by atoms with Gasteiger partial charge >= 0.3 is 5.97 Å². The lowest BCUT2D eigenvalue weighted by Crippen LogP contribution is -2.28. The van der Waals surface area contributed by atoms with E-state index < -0.39 is 5.97 Å². The molecule has 4 heteroatoms. The molecule has 19 heavy (non-hydrogen) atoms. The quantitative estimate of drug-likeness (QED) is 0.548. The standard InChI is InChI=1S/C15H24O3S/c1-19-10-12-11(13-8-9-14(12)18-13)6-4-2-3-5-7-15(16)17/h2,4,11-14H,3,5-10H2,1H3,(H,16,17)/b4-2-/t11-,12+,13-,14+/m1/s1. The van der Waals surface area contributed by atoms with Gasteiger partial charge in [0.25, 0.3) is 0 Å². The molecule has 0 aliphatic carbocycles. The van der Waals surface area contributed by atoms with Crippen molar-refractivity contribution in [3.05, 3.63) is 12.2 Å². The highest BCUT2D eigenvalue weighted by atomic mass is 32.2. The van der Waals surface area contributed by atoms with Gasteiger partial charge in [-0.25, -0.2) is 0 Å². The highest BCUT2D eigenvalue weighted by molar-refractivity contribution is 7.98. The summed E-state index contributed by atoms with van der Waals surface area (Å²) >= 11 is 1.92. The van der Waals surface area contributed by atoms with Gasteiger partial charge in [-0.2, -0.15) is 11.8 Å². The molecule has 2 heterocycles. The average molecular weight is 284 g/mol. The lowest BCUT2D eigenvalue weighted by Gasteiger charge is -2.26. The lowest BCUT2D eigenvalue weighted by molar-refractivity contribution is -0.137. The molecule has 0 spiro atoms. The summed E-state index contributed by atoms with van der Waals surface area (Å²) in [6.45, 7) is 0. The molecule has 0 saturated carbocycles. The molecule has 0 amide bonds. The fourth-order valence-electron chi connectivity index (χ4n) is 3.36. The van der Waals surface area contributed by atoms with Crippen LogP contribution in [0.2, 0.25) is 0 Å². The molecule has 2 aliphatic heterocycles. The minimum atomic E-state index is -0.699. The van der Waals surface area contributed by atoms with Crippen molar-refractivity contribution in [2.24, 2.45) is 11.8 Å². The number of unbranched alkanes of at least 4 members (excludes halogenated alkanes) is 1. The number of rotatable bonds is 8. The largest absolute Gasteiger partial charge is 0.481 e. The summed E-state index contributed by atoms with van der Waals surface area (Å²) in [5.41, 5.74) is 0. The fraction of sp³-hybridized carbons (Fsp3) is 0.800. The van der Waals surface area contributed by atoms with Crippen LogP contribution in [-0.2, 0) is 9.53 Å². The van der Waals surface area contributed by atoms with Gasteiger partial charge in [0.15, 0.2) is 0 Å². The maximum absolute atomic E-state index is 10.4. The molecule has 0 radical (unpaired) electrons. The molecule has 2 aliphatic rings. The van der Waals surface area contributed by atoms with Crippen molar-refractivity contribution in [3.63, 3.8) is 0 Å². The van der Waals surface area contributed by atoms with Gasteiger partial charge in [-0.1, -0.05) is 12.2 Å². The molecule has 108 valence electrons. The number of carboxylic acids is 1. The Morgan fingerprint density at radius 1 is 1.32 bits per heavy atom. The second-order valence-corrected chi connectivity index (χ2v) is 6.48. The predicted octanol–water partition coefficient (Wildman–Crippen LogP) is 3.34. The van der Waals surface area contributed by atoms with Crippen molar-refractivity contribution in [1.29, 1.82) is 0 Å². The van der Waals surface area contributed by atoms with Gasteiger partial charge in [-0.15, -0.1) is 0 Å². The van der Waals surface area contributed by atoms with Crippen LogP contribution in [0.3, 0.4) is 0 Å². The van der Waals surface area contributed by atoms with Crippen molar-refractivity contribution in [1.82, 2.24) is 0 Å². The van der Waals surface area contributed by atoms with Crippen molar-refractivity contribution in [3.8, 4) is 0 Å². The van der Waals surface area contributed by atoms with Crippen LogP contribution in [0.25, 0.3) is 0 Å². The van der Waals surface area contributed by atoms with Gasteiger partial charge in [-0.05, 0) is 55.9 Å². The van der Waals surface area contributed by atoms with Gasteiger partial charge in [-0.3, -0.25) is 4.79 Å². The third-order valence-corrected chi connectivity index (χ3v) is 5.00. The van der Waals surface area contributed by atoms with E-state index in [4.69, 9.17) is 9.84 Å². The van der Waals surface area contributed by atoms with E-state index >= 15 is 0 Å². The van der Waals surface area contributed by atoms with E-state index in [0.29, 0.717) is 18.1 Å². The molecule has 2 saturated heterocycles. The van der Waals surface area contributed by atoms with Crippen LogP contribution in [0.5, 0.6) is 0 Å². The van der Waals surface area contributed by atoms with E-state index in [1.165, 1.54) is 18.6 Å². The van der Waals surface area contributed by atoms with E-state index in [1.54, 1.807) is 0 Å². The number of ether oxygens (including phenoxy) is 1. The van der Waals surface area contributed by atoms with Crippen molar-refractivity contribution >= 4 is 17.7 Å². The third-order valence-electron chi connectivity index (χ3n) is 4.29. The lowest BCUT2D eigenvalue weighted by atomic mass is 9.78. The van der Waals surface area contributed by atoms with Crippen LogP contribution in [-0.4, -0.2) is 35.3 Å². The smallest absolute Gasteiger partial charge is 0.303 e. The summed E-state index contributed by atoms with van der Waals surface area (Å²) in [6, 6.07) is 0. The van der Waals surface area contributed by atoms with Crippen LogP contribution in [0.1, 0.15) is 38.5 Å². The first-order valence-corrected chi connectivity index (χ1v) is 8.63. The Morgan fingerprint density at radius 3 is 2.74 bits per heavy atom. The Labute approximate surface area is 119 Å². The van der Waals surface area contributed by atoms with E-state index in [2.05, 4.69) is 18.4 Å². The summed E-state index contributed by atoms with van der Waals surface area (Å²) in [6.07, 6.45) is 13.0. The van der Waals surface area contributed by atoms with E-state index in [0.717, 1.165) is 25.2 Å². The number of hydrogen-bond acceptors (Lipinski definition) is 3. The monoisotopic (exact) mass is 284 g/mol. The Hall–Kier alpha value is -0.480. The highest BCUT2D eigenvalue weighted by Crippen LogP contribution is 2.46. The van der Waals surface area contributed by atoms with E-state index in [1.807, 2.05) is 11.8 Å². The molecule has 0 aromatic rings. The maximum atomic E-state index is 10.4. The fourth-order valence-corrected chi connectivity index (χ4v) is 4.21. The van der Waals surface area contributed by atoms with Crippen LogP contribution >= 0.6 is 11.8 Å². The van der Waals surface area contributed by atoms with Crippen molar-refractivity contribution in [2.45, 2.75) is 50.7 Å². The Morgan fingerprint density at radius 2 is 2.05 bits per heavy atom. The Bertz CT molecular complexity index is 329. The molecule has 2 fully saturated rings. The normalized spacial score (nSPS) is 33.3. The minimum absolute atomic E-state index is 0.274. The molecule has 0 unspecified atom stereocenters. The number of thioether (sulfide) groups is 1. The highest BCUT2D eigenvalue weighted by Gasteiger charge is 2.47. The Balaban J connectivity index is 1.72. The molecule has 0 aromatic carbocycles. The maximum Gasteiger partial charge on any atom is 0.303 e. The first kappa shape index (κ1) is 14.9. The van der Waals surface area contributed by atoms with Gasteiger partial charge < -0.3 is 9.84 Å². The third kappa shape index (κ3) is 3.99. The van der Waals surface area contributed by atoms with Crippen molar-refractivity contribution < 1.29 is 14.6 Å². The molecule has 4 atom stereocenters. The molecule has 0 aromatic heterocycles. The summed E-state index contributed by atoms with van der Waals surface area (Å²) in [4.78, 5) is 10.4. The van der Waals surface area contributed by atoms with Crippen LogP contribution < -0.4 is 0 Å². The number of carbonyl (C=O) groups is 1. The SMILES string of the molecule is CSC[C@H]1[C@@H](C/C=C\CCCC(=O)O)[C@H]2CC[C@@H]1O2. The molecule has 2 rings (SSSR count). The van der Waals surface area contributed by atoms with Gasteiger partial charge in [0.2, 0.25) is 0 Å². The van der Waals surface area contributed by atoms with Crippen molar-refractivity contribution in [2.75, 3.05) is 12.0 Å². The summed E-state index contributed by atoms with van der Waals surface area (Å²) in [7, 11) is 0. The summed E-state index contributed by atoms with van der Waals surface area (Å²) in [5.74, 6) is 1.91. The summed E-state index contributed by atoms with van der Waals surface area (Å²) < 4.78 is 6.03. The van der Waals surface area contributed by atoms with Gasteiger partial charge in [0, 0.05) is 6.42 Å². The second-order valence-electron chi connectivity index (χ2n) is 5.57.